The third-order valence-electron chi connectivity index (χ3n) is 2.78. The van der Waals surface area contributed by atoms with E-state index in [-0.39, 0.29) is 19.0 Å². The van der Waals surface area contributed by atoms with Gasteiger partial charge in [-0.25, -0.2) is 15.8 Å². The second-order valence-corrected chi connectivity index (χ2v) is 4.97. The summed E-state index contributed by atoms with van der Waals surface area (Å²) in [6.45, 7) is 5.21. The molecule has 1 rings (SSSR count). The largest absolute Gasteiger partial charge is 0.368 e. The van der Waals surface area contributed by atoms with Crippen molar-refractivity contribution in [2.75, 3.05) is 23.4 Å². The second kappa shape index (κ2) is 6.84. The fourth-order valence-corrected chi connectivity index (χ4v) is 1.81. The van der Waals surface area contributed by atoms with Gasteiger partial charge in [0.2, 0.25) is 11.8 Å². The van der Waals surface area contributed by atoms with Crippen molar-refractivity contribution in [2.24, 2.45) is 17.3 Å². The van der Waals surface area contributed by atoms with Gasteiger partial charge in [-0.3, -0.25) is 9.59 Å². The van der Waals surface area contributed by atoms with Crippen molar-refractivity contribution in [1.29, 1.82) is 0 Å². The Labute approximate surface area is 122 Å². The molecule has 0 aliphatic rings. The molecule has 0 aliphatic heterocycles. The number of nitrogen functional groups attached to an aromatic ring is 1. The van der Waals surface area contributed by atoms with Crippen molar-refractivity contribution in [3.8, 4) is 0 Å². The van der Waals surface area contributed by atoms with Gasteiger partial charge in [0.1, 0.15) is 17.5 Å². The zero-order chi connectivity index (χ0) is 16.2. The van der Waals surface area contributed by atoms with Gasteiger partial charge in [0, 0.05) is 11.5 Å². The van der Waals surface area contributed by atoms with Crippen molar-refractivity contribution in [1.82, 2.24) is 9.97 Å². The average Bonchev–Trinajstić information content (AvgIpc) is 2.36. The first kappa shape index (κ1) is 16.6. The van der Waals surface area contributed by atoms with Crippen LogP contribution in [-0.2, 0) is 9.59 Å². The molecule has 116 valence electrons. The topological polar surface area (TPSA) is 153 Å². The maximum atomic E-state index is 11.2. The molecule has 0 radical (unpaired) electrons. The molecule has 9 nitrogen and oxygen atoms in total. The molecule has 0 fully saturated rings. The Morgan fingerprint density at radius 1 is 1.19 bits per heavy atom. The van der Waals surface area contributed by atoms with Gasteiger partial charge in [0.15, 0.2) is 0 Å². The van der Waals surface area contributed by atoms with E-state index in [1.54, 1.807) is 6.92 Å². The fourth-order valence-electron chi connectivity index (χ4n) is 1.81. The first-order valence-electron chi connectivity index (χ1n) is 6.43. The molecule has 0 unspecified atom stereocenters. The van der Waals surface area contributed by atoms with Gasteiger partial charge in [-0.05, 0) is 6.92 Å². The van der Waals surface area contributed by atoms with Crippen LogP contribution in [0.1, 0.15) is 31.2 Å². The zero-order valence-corrected chi connectivity index (χ0v) is 12.4. The standard InChI is InChI=1S/C12H21N7O2/c1-6(2)10-16-11(18-15)7(3)12(17-10)19(4-8(13)20)5-9(14)21/h6H,4-5,15H2,1-3H3,(H2,13,20)(H2,14,21)(H,16,17,18). The van der Waals surface area contributed by atoms with E-state index in [0.29, 0.717) is 23.0 Å². The van der Waals surface area contributed by atoms with Crippen molar-refractivity contribution in [2.45, 2.75) is 26.7 Å². The van der Waals surface area contributed by atoms with E-state index >= 15 is 0 Å². The molecule has 0 saturated heterocycles. The van der Waals surface area contributed by atoms with Crippen molar-refractivity contribution in [3.63, 3.8) is 0 Å². The molecular formula is C12H21N7O2. The van der Waals surface area contributed by atoms with Gasteiger partial charge in [-0.1, -0.05) is 13.8 Å². The number of carbonyl (C=O) groups excluding carboxylic acids is 2. The summed E-state index contributed by atoms with van der Waals surface area (Å²) in [6.07, 6.45) is 0. The van der Waals surface area contributed by atoms with Crippen molar-refractivity contribution < 1.29 is 9.59 Å². The third-order valence-corrected chi connectivity index (χ3v) is 2.78. The lowest BCUT2D eigenvalue weighted by Crippen LogP contribution is -2.41. The minimum Gasteiger partial charge on any atom is -0.368 e. The number of nitrogens with one attached hydrogen (secondary N) is 1. The number of rotatable bonds is 7. The highest BCUT2D eigenvalue weighted by Crippen LogP contribution is 2.25. The Kier molecular flexibility index (Phi) is 5.42. The Hall–Kier alpha value is -2.42. The lowest BCUT2D eigenvalue weighted by atomic mass is 10.2. The molecule has 1 aromatic rings. The zero-order valence-electron chi connectivity index (χ0n) is 12.4. The summed E-state index contributed by atoms with van der Waals surface area (Å²) >= 11 is 0. The average molecular weight is 295 g/mol. The fraction of sp³-hybridized carbons (Fsp3) is 0.500. The Morgan fingerprint density at radius 3 is 2.10 bits per heavy atom. The minimum atomic E-state index is -0.595. The van der Waals surface area contributed by atoms with E-state index in [2.05, 4.69) is 15.4 Å². The molecule has 0 spiro atoms. The lowest BCUT2D eigenvalue weighted by Gasteiger charge is -2.24. The summed E-state index contributed by atoms with van der Waals surface area (Å²) in [4.78, 5) is 32.5. The minimum absolute atomic E-state index is 0.0421. The quantitative estimate of drug-likeness (QED) is 0.370. The van der Waals surface area contributed by atoms with Crippen LogP contribution in [0, 0.1) is 6.92 Å². The summed E-state index contributed by atoms with van der Waals surface area (Å²) in [7, 11) is 0. The molecule has 0 saturated carbocycles. The molecule has 0 bridgehead atoms. The summed E-state index contributed by atoms with van der Waals surface area (Å²) in [5.74, 6) is 5.65. The molecular weight excluding hydrogens is 274 g/mol. The number of amides is 2. The van der Waals surface area contributed by atoms with Crippen LogP contribution < -0.4 is 27.6 Å². The maximum absolute atomic E-state index is 11.2. The summed E-state index contributed by atoms with van der Waals surface area (Å²) in [6, 6.07) is 0. The molecule has 1 heterocycles. The molecule has 1 aromatic heterocycles. The molecule has 0 aromatic carbocycles. The van der Waals surface area contributed by atoms with Crippen molar-refractivity contribution in [3.05, 3.63) is 11.4 Å². The van der Waals surface area contributed by atoms with Crippen LogP contribution in [0.2, 0.25) is 0 Å². The number of carbonyl (C=O) groups is 2. The van der Waals surface area contributed by atoms with Crippen LogP contribution in [0.25, 0.3) is 0 Å². The Bertz CT molecular complexity index is 529. The predicted molar refractivity (Wildman–Crippen MR) is 79.3 cm³/mol. The molecule has 9 heteroatoms. The third kappa shape index (κ3) is 4.28. The van der Waals surface area contributed by atoms with Crippen LogP contribution in [0.15, 0.2) is 0 Å². The monoisotopic (exact) mass is 295 g/mol. The first-order chi connectivity index (χ1) is 9.76. The molecule has 0 atom stereocenters. The molecule has 0 aliphatic carbocycles. The van der Waals surface area contributed by atoms with Gasteiger partial charge in [-0.15, -0.1) is 0 Å². The van der Waals surface area contributed by atoms with E-state index < -0.39 is 11.8 Å². The molecule has 2 amide bonds. The highest BCUT2D eigenvalue weighted by molar-refractivity contribution is 5.85. The van der Waals surface area contributed by atoms with E-state index in [9.17, 15) is 9.59 Å². The SMILES string of the molecule is Cc1c(NN)nc(C(C)C)nc1N(CC(N)=O)CC(N)=O. The number of primary amides is 2. The smallest absolute Gasteiger partial charge is 0.237 e. The second-order valence-electron chi connectivity index (χ2n) is 4.97. The summed E-state index contributed by atoms with van der Waals surface area (Å²) in [5, 5.41) is 0. The number of anilines is 2. The van der Waals surface area contributed by atoms with Crippen LogP contribution >= 0.6 is 0 Å². The predicted octanol–water partition coefficient (Wildman–Crippen LogP) is -1.03. The van der Waals surface area contributed by atoms with E-state index in [0.717, 1.165) is 0 Å². The van der Waals surface area contributed by atoms with Crippen LogP contribution in [0.4, 0.5) is 11.6 Å². The van der Waals surface area contributed by atoms with Gasteiger partial charge in [0.05, 0.1) is 13.1 Å². The number of aromatic nitrogens is 2. The van der Waals surface area contributed by atoms with E-state index in [1.165, 1.54) is 4.90 Å². The lowest BCUT2D eigenvalue weighted by molar-refractivity contribution is -0.117. The van der Waals surface area contributed by atoms with E-state index in [1.807, 2.05) is 13.8 Å². The molecule has 21 heavy (non-hydrogen) atoms. The van der Waals surface area contributed by atoms with Gasteiger partial charge >= 0.3 is 0 Å². The summed E-state index contributed by atoms with van der Waals surface area (Å²) < 4.78 is 0. The van der Waals surface area contributed by atoms with Crippen LogP contribution in [0.3, 0.4) is 0 Å². The highest BCUT2D eigenvalue weighted by Gasteiger charge is 2.20. The maximum Gasteiger partial charge on any atom is 0.237 e. The van der Waals surface area contributed by atoms with E-state index in [4.69, 9.17) is 17.3 Å². The number of hydrogen-bond acceptors (Lipinski definition) is 7. The number of nitrogens with zero attached hydrogens (tertiary/aromatic N) is 3. The van der Waals surface area contributed by atoms with Gasteiger partial charge in [-0.2, -0.15) is 0 Å². The molecule has 7 N–H and O–H groups in total. The Morgan fingerprint density at radius 2 is 1.71 bits per heavy atom. The van der Waals surface area contributed by atoms with Crippen LogP contribution in [-0.4, -0.2) is 34.9 Å². The highest BCUT2D eigenvalue weighted by atomic mass is 16.2. The Balaban J connectivity index is 3.36. The van der Waals surface area contributed by atoms with Crippen molar-refractivity contribution >= 4 is 23.5 Å². The van der Waals surface area contributed by atoms with Gasteiger partial charge in [0.25, 0.3) is 0 Å². The number of hydrogen-bond donors (Lipinski definition) is 4. The van der Waals surface area contributed by atoms with Gasteiger partial charge < -0.3 is 21.8 Å². The normalized spacial score (nSPS) is 10.5. The summed E-state index contributed by atoms with van der Waals surface area (Å²) in [5.41, 5.74) is 13.5. The van der Waals surface area contributed by atoms with Crippen LogP contribution in [0.5, 0.6) is 0 Å². The number of nitrogens with two attached hydrogens (primary N) is 3. The number of hydrazine groups is 1. The first-order valence-corrected chi connectivity index (χ1v) is 6.43.